The molecule has 2 rings (SSSR count). The van der Waals surface area contributed by atoms with E-state index in [1.54, 1.807) is 0 Å². The molecular formula is C14H17N3. The lowest BCUT2D eigenvalue weighted by Gasteiger charge is -2.17. The quantitative estimate of drug-likeness (QED) is 0.775. The molecule has 0 unspecified atom stereocenters. The highest BCUT2D eigenvalue weighted by Gasteiger charge is 2.06. The minimum atomic E-state index is 0.772. The van der Waals surface area contributed by atoms with Crippen LogP contribution >= 0.6 is 0 Å². The van der Waals surface area contributed by atoms with Crippen molar-refractivity contribution in [3.8, 4) is 11.1 Å². The van der Waals surface area contributed by atoms with Crippen molar-refractivity contribution < 1.29 is 0 Å². The van der Waals surface area contributed by atoms with Crippen LogP contribution in [0.15, 0.2) is 42.5 Å². The fraction of sp³-hybridized carbons (Fsp3) is 0.143. The topological polar surface area (TPSA) is 55.3 Å². The highest BCUT2D eigenvalue weighted by Crippen LogP contribution is 2.31. The molecule has 0 bridgehead atoms. The normalized spacial score (nSPS) is 10.2. The van der Waals surface area contributed by atoms with Crippen molar-refractivity contribution in [1.82, 2.24) is 0 Å². The molecule has 88 valence electrons. The van der Waals surface area contributed by atoms with Crippen LogP contribution in [0.4, 0.5) is 17.1 Å². The van der Waals surface area contributed by atoms with Crippen LogP contribution in [0.25, 0.3) is 11.1 Å². The Morgan fingerprint density at radius 3 is 2.24 bits per heavy atom. The van der Waals surface area contributed by atoms with Crippen molar-refractivity contribution in [2.75, 3.05) is 30.5 Å². The predicted molar refractivity (Wildman–Crippen MR) is 75.0 cm³/mol. The van der Waals surface area contributed by atoms with E-state index in [0.717, 1.165) is 28.2 Å². The summed E-state index contributed by atoms with van der Waals surface area (Å²) in [4.78, 5) is 2.00. The van der Waals surface area contributed by atoms with Crippen LogP contribution in [0.2, 0.25) is 0 Å². The molecule has 0 saturated heterocycles. The van der Waals surface area contributed by atoms with Gasteiger partial charge >= 0.3 is 0 Å². The van der Waals surface area contributed by atoms with Gasteiger partial charge in [0, 0.05) is 25.3 Å². The van der Waals surface area contributed by atoms with Crippen molar-refractivity contribution in [2.24, 2.45) is 0 Å². The van der Waals surface area contributed by atoms with Crippen molar-refractivity contribution in [3.63, 3.8) is 0 Å². The first kappa shape index (κ1) is 11.3. The molecule has 0 aliphatic rings. The fourth-order valence-corrected chi connectivity index (χ4v) is 1.86. The van der Waals surface area contributed by atoms with E-state index in [1.165, 1.54) is 0 Å². The molecule has 17 heavy (non-hydrogen) atoms. The van der Waals surface area contributed by atoms with Crippen LogP contribution in [0, 0.1) is 0 Å². The number of anilines is 3. The van der Waals surface area contributed by atoms with Gasteiger partial charge in [-0.3, -0.25) is 0 Å². The van der Waals surface area contributed by atoms with Crippen LogP contribution in [-0.4, -0.2) is 14.1 Å². The minimum absolute atomic E-state index is 0.772. The largest absolute Gasteiger partial charge is 0.398 e. The Labute approximate surface area is 102 Å². The zero-order valence-corrected chi connectivity index (χ0v) is 10.1. The van der Waals surface area contributed by atoms with E-state index < -0.39 is 0 Å². The van der Waals surface area contributed by atoms with Gasteiger partial charge in [0.25, 0.3) is 0 Å². The van der Waals surface area contributed by atoms with Gasteiger partial charge in [0.05, 0.1) is 11.4 Å². The van der Waals surface area contributed by atoms with Crippen LogP contribution < -0.4 is 16.4 Å². The number of nitrogen functional groups attached to an aromatic ring is 2. The van der Waals surface area contributed by atoms with Crippen molar-refractivity contribution in [3.05, 3.63) is 42.5 Å². The molecule has 0 saturated carbocycles. The van der Waals surface area contributed by atoms with Gasteiger partial charge in [-0.15, -0.1) is 0 Å². The van der Waals surface area contributed by atoms with Gasteiger partial charge in [0.2, 0.25) is 0 Å². The number of nitrogens with two attached hydrogens (primary N) is 2. The number of para-hydroxylation sites is 1. The molecule has 2 aromatic rings. The molecule has 0 spiro atoms. The molecule has 0 atom stereocenters. The first-order valence-electron chi connectivity index (χ1n) is 5.51. The monoisotopic (exact) mass is 227 g/mol. The van der Waals surface area contributed by atoms with E-state index in [2.05, 4.69) is 6.07 Å². The third kappa shape index (κ3) is 2.18. The van der Waals surface area contributed by atoms with E-state index >= 15 is 0 Å². The Hall–Kier alpha value is -2.16. The van der Waals surface area contributed by atoms with Crippen LogP contribution in [0.1, 0.15) is 0 Å². The van der Waals surface area contributed by atoms with E-state index in [1.807, 2.05) is 55.4 Å². The SMILES string of the molecule is CN(C)c1cc(-c2ccccc2N)ccc1N. The molecule has 2 aromatic carbocycles. The number of benzene rings is 2. The first-order valence-corrected chi connectivity index (χ1v) is 5.51. The number of nitrogens with zero attached hydrogens (tertiary/aromatic N) is 1. The molecular weight excluding hydrogens is 210 g/mol. The molecule has 0 aliphatic carbocycles. The predicted octanol–water partition coefficient (Wildman–Crippen LogP) is 2.58. The third-order valence-electron chi connectivity index (χ3n) is 2.78. The summed E-state index contributed by atoms with van der Waals surface area (Å²) in [5, 5.41) is 0. The Morgan fingerprint density at radius 2 is 1.59 bits per heavy atom. The van der Waals surface area contributed by atoms with Gasteiger partial charge in [-0.25, -0.2) is 0 Å². The average Bonchev–Trinajstić information content (AvgIpc) is 2.30. The maximum atomic E-state index is 5.97. The van der Waals surface area contributed by atoms with Gasteiger partial charge in [-0.2, -0.15) is 0 Å². The average molecular weight is 227 g/mol. The van der Waals surface area contributed by atoms with Gasteiger partial charge < -0.3 is 16.4 Å². The molecule has 0 aromatic heterocycles. The minimum Gasteiger partial charge on any atom is -0.398 e. The van der Waals surface area contributed by atoms with Gasteiger partial charge in [0.1, 0.15) is 0 Å². The Morgan fingerprint density at radius 1 is 0.882 bits per heavy atom. The molecule has 3 nitrogen and oxygen atoms in total. The fourth-order valence-electron chi connectivity index (χ4n) is 1.86. The molecule has 0 heterocycles. The number of hydrogen-bond acceptors (Lipinski definition) is 3. The zero-order valence-electron chi connectivity index (χ0n) is 10.1. The van der Waals surface area contributed by atoms with E-state index in [0.29, 0.717) is 0 Å². The van der Waals surface area contributed by atoms with Crippen LogP contribution in [0.5, 0.6) is 0 Å². The maximum Gasteiger partial charge on any atom is 0.0600 e. The van der Waals surface area contributed by atoms with Crippen molar-refractivity contribution >= 4 is 17.1 Å². The van der Waals surface area contributed by atoms with Crippen LogP contribution in [0.3, 0.4) is 0 Å². The standard InChI is InChI=1S/C14H17N3/c1-17(2)14-9-10(7-8-13(14)16)11-5-3-4-6-12(11)15/h3-9H,15-16H2,1-2H3. The molecule has 4 N–H and O–H groups in total. The summed E-state index contributed by atoms with van der Waals surface area (Å²) in [6.45, 7) is 0. The summed E-state index contributed by atoms with van der Waals surface area (Å²) < 4.78 is 0. The lowest BCUT2D eigenvalue weighted by Crippen LogP contribution is -2.11. The second-order valence-corrected chi connectivity index (χ2v) is 4.26. The van der Waals surface area contributed by atoms with Crippen molar-refractivity contribution in [2.45, 2.75) is 0 Å². The summed E-state index contributed by atoms with van der Waals surface area (Å²) in [7, 11) is 3.95. The van der Waals surface area contributed by atoms with Crippen molar-refractivity contribution in [1.29, 1.82) is 0 Å². The van der Waals surface area contributed by atoms with Gasteiger partial charge in [0.15, 0.2) is 0 Å². The summed E-state index contributed by atoms with van der Waals surface area (Å²) in [6, 6.07) is 13.8. The maximum absolute atomic E-state index is 5.97. The molecule has 0 amide bonds. The summed E-state index contributed by atoms with van der Waals surface area (Å²) in [5.74, 6) is 0. The Kier molecular flexibility index (Phi) is 2.91. The molecule has 0 aliphatic heterocycles. The molecule has 3 heteroatoms. The summed E-state index contributed by atoms with van der Waals surface area (Å²) in [5.41, 5.74) is 16.6. The molecule has 0 radical (unpaired) electrons. The lowest BCUT2D eigenvalue weighted by atomic mass is 10.0. The van der Waals surface area contributed by atoms with E-state index in [9.17, 15) is 0 Å². The second kappa shape index (κ2) is 4.37. The number of hydrogen-bond donors (Lipinski definition) is 2. The molecule has 0 fully saturated rings. The van der Waals surface area contributed by atoms with Crippen LogP contribution in [-0.2, 0) is 0 Å². The highest BCUT2D eigenvalue weighted by atomic mass is 15.1. The summed E-state index contributed by atoms with van der Waals surface area (Å²) >= 11 is 0. The highest BCUT2D eigenvalue weighted by molar-refractivity contribution is 5.82. The Balaban J connectivity index is 2.54. The Bertz CT molecular complexity index is 533. The lowest BCUT2D eigenvalue weighted by molar-refractivity contribution is 1.13. The third-order valence-corrected chi connectivity index (χ3v) is 2.78. The van der Waals surface area contributed by atoms with E-state index in [-0.39, 0.29) is 0 Å². The van der Waals surface area contributed by atoms with Gasteiger partial charge in [-0.05, 0) is 23.8 Å². The first-order chi connectivity index (χ1) is 8.09. The second-order valence-electron chi connectivity index (χ2n) is 4.26. The zero-order chi connectivity index (χ0) is 12.4. The van der Waals surface area contributed by atoms with E-state index in [4.69, 9.17) is 11.5 Å². The smallest absolute Gasteiger partial charge is 0.0600 e. The van der Waals surface area contributed by atoms with Gasteiger partial charge in [-0.1, -0.05) is 24.3 Å². The summed E-state index contributed by atoms with van der Waals surface area (Å²) in [6.07, 6.45) is 0. The number of rotatable bonds is 2.